The van der Waals surface area contributed by atoms with Crippen molar-refractivity contribution in [3.63, 3.8) is 0 Å². The third-order valence-electron chi connectivity index (χ3n) is 5.61. The summed E-state index contributed by atoms with van der Waals surface area (Å²) in [6, 6.07) is 18.0. The molecule has 1 N–H and O–H groups in total. The van der Waals surface area contributed by atoms with E-state index in [1.165, 1.54) is 16.0 Å². The summed E-state index contributed by atoms with van der Waals surface area (Å²) in [6.45, 7) is 0.944. The zero-order valence-corrected chi connectivity index (χ0v) is 19.6. The van der Waals surface area contributed by atoms with E-state index in [2.05, 4.69) is 11.4 Å². The number of fused-ring (bicyclic) bond motifs is 1. The van der Waals surface area contributed by atoms with Crippen LogP contribution in [0.15, 0.2) is 70.9 Å². The van der Waals surface area contributed by atoms with Crippen LogP contribution in [0.1, 0.15) is 33.4 Å². The molecule has 0 unspecified atom stereocenters. The maximum Gasteiger partial charge on any atom is 0.265 e. The molecule has 32 heavy (non-hydrogen) atoms. The molecule has 5 rings (SSSR count). The van der Waals surface area contributed by atoms with Crippen molar-refractivity contribution < 1.29 is 13.2 Å². The van der Waals surface area contributed by atoms with Crippen LogP contribution in [-0.4, -0.2) is 36.7 Å². The predicted octanol–water partition coefficient (Wildman–Crippen LogP) is 5.18. The highest BCUT2D eigenvalue weighted by Crippen LogP contribution is 2.35. The number of piperidine rings is 1. The molecule has 2 aromatic carbocycles. The van der Waals surface area contributed by atoms with Gasteiger partial charge in [-0.25, -0.2) is 13.4 Å². The number of para-hydroxylation sites is 1. The van der Waals surface area contributed by atoms with Crippen molar-refractivity contribution in [2.75, 3.05) is 18.4 Å². The second-order valence-electron chi connectivity index (χ2n) is 7.65. The Hall–Kier alpha value is -2.59. The lowest BCUT2D eigenvalue weighted by Crippen LogP contribution is -2.37. The van der Waals surface area contributed by atoms with Crippen LogP contribution in [0.2, 0.25) is 0 Å². The van der Waals surface area contributed by atoms with E-state index in [0.29, 0.717) is 23.7 Å². The number of nitrogens with zero attached hydrogens (tertiary/aromatic N) is 2. The maximum absolute atomic E-state index is 13.1. The van der Waals surface area contributed by atoms with Crippen LogP contribution >= 0.6 is 22.7 Å². The van der Waals surface area contributed by atoms with Gasteiger partial charge in [-0.2, -0.15) is 4.31 Å². The van der Waals surface area contributed by atoms with Crippen LogP contribution in [0.4, 0.5) is 5.69 Å². The van der Waals surface area contributed by atoms with Gasteiger partial charge in [-0.1, -0.05) is 18.2 Å². The molecule has 0 spiro atoms. The number of nitrogens with one attached hydrogen (secondary N) is 1. The summed E-state index contributed by atoms with van der Waals surface area (Å²) in [5.41, 5.74) is 1.57. The van der Waals surface area contributed by atoms with E-state index >= 15 is 0 Å². The second kappa shape index (κ2) is 8.74. The molecule has 3 heterocycles. The molecular formula is C23H21N3O3S3. The first-order valence-corrected chi connectivity index (χ1v) is 13.4. The van der Waals surface area contributed by atoms with Crippen LogP contribution in [0, 0.1) is 0 Å². The van der Waals surface area contributed by atoms with Gasteiger partial charge < -0.3 is 5.32 Å². The fourth-order valence-electron chi connectivity index (χ4n) is 3.87. The Bertz CT molecular complexity index is 1310. The molecule has 0 atom stereocenters. The van der Waals surface area contributed by atoms with Gasteiger partial charge >= 0.3 is 0 Å². The average molecular weight is 484 g/mol. The van der Waals surface area contributed by atoms with Crippen LogP contribution < -0.4 is 5.32 Å². The zero-order chi connectivity index (χ0) is 22.1. The van der Waals surface area contributed by atoms with Gasteiger partial charge in [-0.05, 0) is 60.7 Å². The Morgan fingerprint density at radius 3 is 2.44 bits per heavy atom. The summed E-state index contributed by atoms with van der Waals surface area (Å²) in [7, 11) is -3.58. The highest BCUT2D eigenvalue weighted by atomic mass is 32.2. The van der Waals surface area contributed by atoms with Crippen LogP contribution in [-0.2, 0) is 10.0 Å². The minimum atomic E-state index is -3.58. The van der Waals surface area contributed by atoms with E-state index in [1.54, 1.807) is 46.0 Å². The van der Waals surface area contributed by atoms with Crippen LogP contribution in [0.3, 0.4) is 0 Å². The van der Waals surface area contributed by atoms with Crippen molar-refractivity contribution in [2.45, 2.75) is 23.7 Å². The van der Waals surface area contributed by atoms with Gasteiger partial charge in [0.25, 0.3) is 5.91 Å². The van der Waals surface area contributed by atoms with E-state index in [4.69, 9.17) is 4.98 Å². The number of anilines is 1. The number of thiazole rings is 1. The molecule has 1 aliphatic rings. The van der Waals surface area contributed by atoms with Gasteiger partial charge in [0.2, 0.25) is 10.0 Å². The van der Waals surface area contributed by atoms with E-state index in [9.17, 15) is 13.2 Å². The molecule has 0 radical (unpaired) electrons. The van der Waals surface area contributed by atoms with Gasteiger partial charge in [-0.15, -0.1) is 22.7 Å². The molecule has 9 heteroatoms. The minimum Gasteiger partial charge on any atom is -0.321 e. The van der Waals surface area contributed by atoms with E-state index < -0.39 is 10.0 Å². The number of carbonyl (C=O) groups excluding carboxylic acids is 1. The van der Waals surface area contributed by atoms with Crippen molar-refractivity contribution in [2.24, 2.45) is 0 Å². The number of benzene rings is 2. The molecule has 0 saturated carbocycles. The number of amides is 1. The number of sulfonamides is 1. The number of hydrogen-bond donors (Lipinski definition) is 1. The molecule has 6 nitrogen and oxygen atoms in total. The number of aromatic nitrogens is 1. The van der Waals surface area contributed by atoms with E-state index in [1.807, 2.05) is 29.6 Å². The minimum absolute atomic E-state index is 0.201. The highest BCUT2D eigenvalue weighted by molar-refractivity contribution is 7.89. The highest BCUT2D eigenvalue weighted by Gasteiger charge is 2.31. The fourth-order valence-corrected chi connectivity index (χ4v) is 7.09. The smallest absolute Gasteiger partial charge is 0.265 e. The first-order chi connectivity index (χ1) is 15.5. The summed E-state index contributed by atoms with van der Waals surface area (Å²) in [4.78, 5) is 17.8. The SMILES string of the molecule is O=C(Nc1ccc(S(=O)(=O)N2CCC(c3nc4ccccc4s3)CC2)cc1)c1cccs1. The van der Waals surface area contributed by atoms with Gasteiger partial charge in [0, 0.05) is 24.7 Å². The van der Waals surface area contributed by atoms with Gasteiger partial charge in [0.05, 0.1) is 25.0 Å². The topological polar surface area (TPSA) is 79.4 Å². The quantitative estimate of drug-likeness (QED) is 0.424. The fraction of sp³-hybridized carbons (Fsp3) is 0.217. The molecule has 4 aromatic rings. The van der Waals surface area contributed by atoms with Crippen molar-refractivity contribution in [3.05, 3.63) is 75.9 Å². The molecule has 1 saturated heterocycles. The molecule has 164 valence electrons. The number of rotatable bonds is 5. The largest absolute Gasteiger partial charge is 0.321 e. The Morgan fingerprint density at radius 2 is 1.75 bits per heavy atom. The molecule has 0 bridgehead atoms. The monoisotopic (exact) mass is 483 g/mol. The molecule has 1 amide bonds. The first kappa shape index (κ1) is 21.3. The summed E-state index contributed by atoms with van der Waals surface area (Å²) in [6.07, 6.45) is 1.52. The van der Waals surface area contributed by atoms with E-state index in [0.717, 1.165) is 23.4 Å². The third-order valence-corrected chi connectivity index (χ3v) is 9.59. The standard InChI is InChI=1S/C23H21N3O3S3/c27-22(21-6-3-15-30-21)24-17-7-9-18(10-8-17)32(28,29)26-13-11-16(12-14-26)23-25-19-4-1-2-5-20(19)31-23/h1-10,15-16H,11-14H2,(H,24,27). The third kappa shape index (κ3) is 4.21. The molecule has 1 aliphatic heterocycles. The maximum atomic E-state index is 13.1. The molecule has 1 fully saturated rings. The number of hydrogen-bond acceptors (Lipinski definition) is 6. The molecule has 2 aromatic heterocycles. The lowest BCUT2D eigenvalue weighted by atomic mass is 9.99. The van der Waals surface area contributed by atoms with Gasteiger partial charge in [0.1, 0.15) is 0 Å². The van der Waals surface area contributed by atoms with Crippen LogP contribution in [0.25, 0.3) is 10.2 Å². The van der Waals surface area contributed by atoms with E-state index in [-0.39, 0.29) is 16.7 Å². The van der Waals surface area contributed by atoms with Gasteiger partial charge in [0.15, 0.2) is 0 Å². The number of carbonyl (C=O) groups is 1. The first-order valence-electron chi connectivity index (χ1n) is 10.3. The molecule has 0 aliphatic carbocycles. The molecular weight excluding hydrogens is 462 g/mol. The Labute approximate surface area is 194 Å². The van der Waals surface area contributed by atoms with Crippen molar-refractivity contribution in [3.8, 4) is 0 Å². The Kier molecular flexibility index (Phi) is 5.81. The second-order valence-corrected chi connectivity index (χ2v) is 11.6. The zero-order valence-electron chi connectivity index (χ0n) is 17.1. The van der Waals surface area contributed by atoms with Crippen molar-refractivity contribution in [1.29, 1.82) is 0 Å². The number of thiophene rings is 1. The summed E-state index contributed by atoms with van der Waals surface area (Å²) >= 11 is 3.06. The lowest BCUT2D eigenvalue weighted by molar-refractivity contribution is 0.103. The van der Waals surface area contributed by atoms with Crippen LogP contribution in [0.5, 0.6) is 0 Å². The lowest BCUT2D eigenvalue weighted by Gasteiger charge is -2.30. The summed E-state index contributed by atoms with van der Waals surface area (Å²) in [5, 5.41) is 5.72. The normalized spacial score (nSPS) is 15.8. The van der Waals surface area contributed by atoms with Crippen molar-refractivity contribution >= 4 is 54.5 Å². The predicted molar refractivity (Wildman–Crippen MR) is 129 cm³/mol. The summed E-state index contributed by atoms with van der Waals surface area (Å²) in [5.74, 6) is 0.0845. The van der Waals surface area contributed by atoms with Gasteiger partial charge in [-0.3, -0.25) is 4.79 Å². The average Bonchev–Trinajstić information content (AvgIpc) is 3.50. The Morgan fingerprint density at radius 1 is 1.00 bits per heavy atom. The van der Waals surface area contributed by atoms with Crippen molar-refractivity contribution in [1.82, 2.24) is 9.29 Å². The Balaban J connectivity index is 1.24. The summed E-state index contributed by atoms with van der Waals surface area (Å²) < 4.78 is 29.0.